The van der Waals surface area contributed by atoms with E-state index in [0.717, 1.165) is 12.2 Å². The van der Waals surface area contributed by atoms with Gasteiger partial charge in [-0.25, -0.2) is 5.01 Å². The maximum Gasteiger partial charge on any atom is 0.282 e. The Hall–Kier alpha value is -2.82. The van der Waals surface area contributed by atoms with Crippen molar-refractivity contribution in [3.63, 3.8) is 0 Å². The summed E-state index contributed by atoms with van der Waals surface area (Å²) in [5.41, 5.74) is 4.22. The number of carbonyl (C=O) groups excluding carboxylic acids is 2. The molecule has 0 bridgehead atoms. The van der Waals surface area contributed by atoms with Crippen LogP contribution in [0.25, 0.3) is 6.08 Å². The number of hydrazine groups is 1. The number of aromatic nitrogens is 1. The topological polar surface area (TPSA) is 54.3 Å². The standard InChI is InChI=1S/C16H15N3O2/c1-2-18-10-6-9-13(18)11-14-15(20)17-19(16(14)21)12-7-4-3-5-8-12/h3-11H,2H2,1H3,(H,17,20)/b14-11-. The second kappa shape index (κ2) is 5.28. The third-order valence-electron chi connectivity index (χ3n) is 3.40. The molecule has 1 N–H and O–H groups in total. The van der Waals surface area contributed by atoms with Crippen molar-refractivity contribution in [2.45, 2.75) is 13.5 Å². The summed E-state index contributed by atoms with van der Waals surface area (Å²) >= 11 is 0. The molecule has 3 rings (SSSR count). The van der Waals surface area contributed by atoms with E-state index in [1.165, 1.54) is 5.01 Å². The van der Waals surface area contributed by atoms with Crippen LogP contribution in [0.3, 0.4) is 0 Å². The zero-order chi connectivity index (χ0) is 14.8. The van der Waals surface area contributed by atoms with E-state index in [2.05, 4.69) is 5.43 Å². The fourth-order valence-corrected chi connectivity index (χ4v) is 2.31. The van der Waals surface area contributed by atoms with Crippen molar-refractivity contribution in [3.8, 4) is 0 Å². The Balaban J connectivity index is 1.95. The Morgan fingerprint density at radius 2 is 1.86 bits per heavy atom. The number of hydrogen-bond acceptors (Lipinski definition) is 2. The molecule has 1 fully saturated rings. The number of benzene rings is 1. The molecule has 0 spiro atoms. The van der Waals surface area contributed by atoms with Crippen LogP contribution in [0, 0.1) is 0 Å². The Kier molecular flexibility index (Phi) is 3.31. The van der Waals surface area contributed by atoms with Crippen LogP contribution in [-0.2, 0) is 16.1 Å². The van der Waals surface area contributed by atoms with Crippen LogP contribution < -0.4 is 10.4 Å². The van der Waals surface area contributed by atoms with Crippen LogP contribution in [0.15, 0.2) is 54.2 Å². The van der Waals surface area contributed by atoms with E-state index in [4.69, 9.17) is 0 Å². The van der Waals surface area contributed by atoms with Gasteiger partial charge in [-0.1, -0.05) is 18.2 Å². The van der Waals surface area contributed by atoms with Crippen molar-refractivity contribution < 1.29 is 9.59 Å². The number of amides is 2. The van der Waals surface area contributed by atoms with E-state index in [0.29, 0.717) is 5.69 Å². The molecule has 0 atom stereocenters. The van der Waals surface area contributed by atoms with Crippen LogP contribution in [0.4, 0.5) is 5.69 Å². The van der Waals surface area contributed by atoms with Gasteiger partial charge < -0.3 is 4.57 Å². The van der Waals surface area contributed by atoms with Crippen molar-refractivity contribution in [2.75, 3.05) is 5.01 Å². The number of nitrogens with zero attached hydrogens (tertiary/aromatic N) is 2. The lowest BCUT2D eigenvalue weighted by Gasteiger charge is -2.13. The van der Waals surface area contributed by atoms with Crippen LogP contribution in [0.1, 0.15) is 12.6 Å². The summed E-state index contributed by atoms with van der Waals surface area (Å²) < 4.78 is 1.97. The predicted molar refractivity (Wildman–Crippen MR) is 80.2 cm³/mol. The molecule has 1 aromatic carbocycles. The highest BCUT2D eigenvalue weighted by Gasteiger charge is 2.34. The summed E-state index contributed by atoms with van der Waals surface area (Å²) in [7, 11) is 0. The van der Waals surface area contributed by atoms with Gasteiger partial charge >= 0.3 is 0 Å². The predicted octanol–water partition coefficient (Wildman–Crippen LogP) is 1.97. The molecule has 0 aliphatic carbocycles. The third kappa shape index (κ3) is 2.33. The largest absolute Gasteiger partial charge is 0.348 e. The van der Waals surface area contributed by atoms with Crippen molar-refractivity contribution in [3.05, 3.63) is 59.9 Å². The first-order valence-corrected chi connectivity index (χ1v) is 6.78. The van der Waals surface area contributed by atoms with Crippen LogP contribution >= 0.6 is 0 Å². The van der Waals surface area contributed by atoms with Gasteiger partial charge in [0.2, 0.25) is 0 Å². The summed E-state index contributed by atoms with van der Waals surface area (Å²) in [6, 6.07) is 12.8. The van der Waals surface area contributed by atoms with Gasteiger partial charge in [0.25, 0.3) is 11.8 Å². The lowest BCUT2D eigenvalue weighted by atomic mass is 10.2. The molecule has 106 valence electrons. The van der Waals surface area contributed by atoms with Crippen LogP contribution in [-0.4, -0.2) is 16.4 Å². The summed E-state index contributed by atoms with van der Waals surface area (Å²) in [5, 5.41) is 1.27. The van der Waals surface area contributed by atoms with E-state index >= 15 is 0 Å². The molecule has 2 aromatic rings. The Morgan fingerprint density at radius 1 is 1.10 bits per heavy atom. The van der Waals surface area contributed by atoms with E-state index in [-0.39, 0.29) is 17.4 Å². The highest BCUT2D eigenvalue weighted by atomic mass is 16.2. The van der Waals surface area contributed by atoms with Crippen molar-refractivity contribution in [2.24, 2.45) is 0 Å². The van der Waals surface area contributed by atoms with Crippen molar-refractivity contribution in [1.82, 2.24) is 9.99 Å². The number of carbonyl (C=O) groups is 2. The minimum atomic E-state index is -0.382. The molecule has 1 saturated heterocycles. The zero-order valence-corrected chi connectivity index (χ0v) is 11.6. The Labute approximate surface area is 122 Å². The van der Waals surface area contributed by atoms with E-state index in [1.807, 2.05) is 48.0 Å². The molecule has 0 unspecified atom stereocenters. The number of nitrogens with one attached hydrogen (secondary N) is 1. The van der Waals surface area contributed by atoms with E-state index in [9.17, 15) is 9.59 Å². The molecule has 21 heavy (non-hydrogen) atoms. The molecule has 5 nitrogen and oxygen atoms in total. The molecule has 1 aromatic heterocycles. The molecule has 1 aliphatic rings. The van der Waals surface area contributed by atoms with Gasteiger partial charge in [-0.05, 0) is 37.3 Å². The number of aryl methyl sites for hydroxylation is 1. The lowest BCUT2D eigenvalue weighted by Crippen LogP contribution is -2.35. The molecule has 1 aliphatic heterocycles. The highest BCUT2D eigenvalue weighted by molar-refractivity contribution is 6.31. The minimum absolute atomic E-state index is 0.146. The van der Waals surface area contributed by atoms with Crippen LogP contribution in [0.5, 0.6) is 0 Å². The lowest BCUT2D eigenvalue weighted by molar-refractivity contribution is -0.117. The summed E-state index contributed by atoms with van der Waals surface area (Å²) in [4.78, 5) is 24.5. The first-order chi connectivity index (χ1) is 10.2. The van der Waals surface area contributed by atoms with Crippen molar-refractivity contribution >= 4 is 23.6 Å². The monoisotopic (exact) mass is 281 g/mol. The normalized spacial score (nSPS) is 16.6. The molecule has 5 heteroatoms. The van der Waals surface area contributed by atoms with Gasteiger partial charge in [0.05, 0.1) is 5.69 Å². The van der Waals surface area contributed by atoms with Gasteiger partial charge in [0, 0.05) is 18.4 Å². The molecule has 2 amide bonds. The fourth-order valence-electron chi connectivity index (χ4n) is 2.31. The molecule has 0 radical (unpaired) electrons. The van der Waals surface area contributed by atoms with Gasteiger partial charge in [-0.15, -0.1) is 0 Å². The summed E-state index contributed by atoms with van der Waals surface area (Å²) in [6.07, 6.45) is 3.54. The van der Waals surface area contributed by atoms with Crippen molar-refractivity contribution in [1.29, 1.82) is 0 Å². The SMILES string of the molecule is CCn1cccc1/C=C1/C(=O)NN(c2ccccc2)C1=O. The number of anilines is 1. The van der Waals surface area contributed by atoms with E-state index < -0.39 is 0 Å². The number of para-hydroxylation sites is 1. The average molecular weight is 281 g/mol. The van der Waals surface area contributed by atoms with E-state index in [1.54, 1.807) is 18.2 Å². The Bertz CT molecular complexity index is 716. The molecular formula is C16H15N3O2. The average Bonchev–Trinajstić information content (AvgIpc) is 3.07. The molecule has 0 saturated carbocycles. The fraction of sp³-hybridized carbons (Fsp3) is 0.125. The highest BCUT2D eigenvalue weighted by Crippen LogP contribution is 2.21. The zero-order valence-electron chi connectivity index (χ0n) is 11.6. The smallest absolute Gasteiger partial charge is 0.282 e. The van der Waals surface area contributed by atoms with Gasteiger partial charge in [-0.3, -0.25) is 15.0 Å². The first kappa shape index (κ1) is 13.2. The third-order valence-corrected chi connectivity index (χ3v) is 3.40. The van der Waals surface area contributed by atoms with Crippen LogP contribution in [0.2, 0.25) is 0 Å². The summed E-state index contributed by atoms with van der Waals surface area (Å²) in [5.74, 6) is -0.720. The first-order valence-electron chi connectivity index (χ1n) is 6.78. The maximum absolute atomic E-state index is 12.4. The van der Waals surface area contributed by atoms with Gasteiger partial charge in [-0.2, -0.15) is 0 Å². The molecule has 2 heterocycles. The Morgan fingerprint density at radius 3 is 2.57 bits per heavy atom. The number of hydrogen-bond donors (Lipinski definition) is 1. The quantitative estimate of drug-likeness (QED) is 0.691. The second-order valence-electron chi connectivity index (χ2n) is 4.69. The summed E-state index contributed by atoms with van der Waals surface area (Å²) in [6.45, 7) is 2.79. The second-order valence-corrected chi connectivity index (χ2v) is 4.69. The minimum Gasteiger partial charge on any atom is -0.348 e. The molecular weight excluding hydrogens is 266 g/mol. The maximum atomic E-state index is 12.4. The number of rotatable bonds is 3. The van der Waals surface area contributed by atoms with Gasteiger partial charge in [0.15, 0.2) is 0 Å². The van der Waals surface area contributed by atoms with Gasteiger partial charge in [0.1, 0.15) is 5.57 Å².